The minimum Gasteiger partial charge on any atom is -0.461 e. The number of carbonyl (C=O) groups excluding carboxylic acids is 1. The fourth-order valence-electron chi connectivity index (χ4n) is 2.81. The fraction of sp³-hybridized carbons (Fsp3) is 0.350. The number of carbonyl (C=O) groups is 1. The highest BCUT2D eigenvalue weighted by atomic mass is 16.5. The lowest BCUT2D eigenvalue weighted by molar-refractivity contribution is -0.145. The molecule has 1 unspecified atom stereocenters. The van der Waals surface area contributed by atoms with Gasteiger partial charge in [-0.2, -0.15) is 0 Å². The third-order valence-corrected chi connectivity index (χ3v) is 4.16. The Balaban J connectivity index is 1.45. The van der Waals surface area contributed by atoms with Crippen molar-refractivity contribution in [2.24, 2.45) is 0 Å². The van der Waals surface area contributed by atoms with Crippen molar-refractivity contribution in [1.82, 2.24) is 0 Å². The first-order chi connectivity index (χ1) is 11.3. The zero-order valence-electron chi connectivity index (χ0n) is 13.2. The molecular formula is C20H22O3. The van der Waals surface area contributed by atoms with Gasteiger partial charge in [-0.25, -0.2) is 0 Å². The van der Waals surface area contributed by atoms with Crippen LogP contribution in [0.15, 0.2) is 54.6 Å². The number of rotatable bonds is 6. The Labute approximate surface area is 137 Å². The molecule has 3 heteroatoms. The van der Waals surface area contributed by atoms with Gasteiger partial charge >= 0.3 is 5.97 Å². The average Bonchev–Trinajstić information content (AvgIpc) is 3.13. The normalized spacial score (nSPS) is 17.1. The Morgan fingerprint density at radius 2 is 1.78 bits per heavy atom. The van der Waals surface area contributed by atoms with Crippen LogP contribution in [0.4, 0.5) is 0 Å². The number of esters is 1. The summed E-state index contributed by atoms with van der Waals surface area (Å²) in [5.74, 6) is -0.146. The van der Waals surface area contributed by atoms with Gasteiger partial charge in [0.2, 0.25) is 0 Å². The summed E-state index contributed by atoms with van der Waals surface area (Å²) in [4.78, 5) is 11.8. The molecule has 23 heavy (non-hydrogen) atoms. The molecule has 0 N–H and O–H groups in total. The first kappa shape index (κ1) is 15.8. The second-order valence-electron chi connectivity index (χ2n) is 5.90. The van der Waals surface area contributed by atoms with Crippen molar-refractivity contribution in [1.29, 1.82) is 0 Å². The van der Waals surface area contributed by atoms with Crippen LogP contribution in [0, 0.1) is 0 Å². The fourth-order valence-corrected chi connectivity index (χ4v) is 2.81. The van der Waals surface area contributed by atoms with Gasteiger partial charge in [-0.1, -0.05) is 54.6 Å². The summed E-state index contributed by atoms with van der Waals surface area (Å²) >= 11 is 0. The summed E-state index contributed by atoms with van der Waals surface area (Å²) in [6.45, 7) is 1.16. The van der Waals surface area contributed by atoms with Crippen LogP contribution in [0.2, 0.25) is 0 Å². The minimum absolute atomic E-state index is 0.146. The monoisotopic (exact) mass is 310 g/mol. The molecule has 3 rings (SSSR count). The number of hydrogen-bond donors (Lipinski definition) is 0. The van der Waals surface area contributed by atoms with E-state index in [4.69, 9.17) is 9.47 Å². The molecule has 0 amide bonds. The first-order valence-electron chi connectivity index (χ1n) is 8.23. The van der Waals surface area contributed by atoms with Crippen LogP contribution in [-0.4, -0.2) is 18.7 Å². The van der Waals surface area contributed by atoms with Crippen molar-refractivity contribution in [3.63, 3.8) is 0 Å². The van der Waals surface area contributed by atoms with Crippen LogP contribution in [0.25, 0.3) is 11.1 Å². The van der Waals surface area contributed by atoms with Gasteiger partial charge in [0.05, 0.1) is 6.10 Å². The van der Waals surface area contributed by atoms with Gasteiger partial charge in [0.25, 0.3) is 0 Å². The SMILES string of the molecule is O=C(CCC1CCCO1)OCc1ccc(-c2ccccc2)cc1. The van der Waals surface area contributed by atoms with E-state index in [1.165, 1.54) is 11.1 Å². The highest BCUT2D eigenvalue weighted by Gasteiger charge is 2.17. The number of benzene rings is 2. The molecule has 1 aliphatic rings. The van der Waals surface area contributed by atoms with Crippen molar-refractivity contribution < 1.29 is 14.3 Å². The Bertz CT molecular complexity index is 613. The van der Waals surface area contributed by atoms with E-state index in [2.05, 4.69) is 24.3 Å². The third kappa shape index (κ3) is 4.67. The topological polar surface area (TPSA) is 35.5 Å². The van der Waals surface area contributed by atoms with E-state index >= 15 is 0 Å². The summed E-state index contributed by atoms with van der Waals surface area (Å²) in [6.07, 6.45) is 3.62. The highest BCUT2D eigenvalue weighted by molar-refractivity contribution is 5.69. The van der Waals surface area contributed by atoms with Gasteiger partial charge in [0, 0.05) is 13.0 Å². The molecule has 0 spiro atoms. The molecule has 0 radical (unpaired) electrons. The molecule has 1 atom stereocenters. The maximum atomic E-state index is 11.8. The lowest BCUT2D eigenvalue weighted by Gasteiger charge is -2.09. The molecule has 2 aromatic carbocycles. The molecule has 2 aromatic rings. The molecule has 0 aliphatic carbocycles. The van der Waals surface area contributed by atoms with Crippen molar-refractivity contribution in [3.05, 3.63) is 60.2 Å². The zero-order chi connectivity index (χ0) is 15.9. The molecule has 1 aliphatic heterocycles. The van der Waals surface area contributed by atoms with Crippen molar-refractivity contribution in [2.75, 3.05) is 6.61 Å². The number of ether oxygens (including phenoxy) is 2. The lowest BCUT2D eigenvalue weighted by Crippen LogP contribution is -2.10. The van der Waals surface area contributed by atoms with Gasteiger partial charge in [-0.15, -0.1) is 0 Å². The van der Waals surface area contributed by atoms with Crippen LogP contribution in [0.3, 0.4) is 0 Å². The minimum atomic E-state index is -0.146. The van der Waals surface area contributed by atoms with E-state index in [-0.39, 0.29) is 12.1 Å². The zero-order valence-corrected chi connectivity index (χ0v) is 13.2. The predicted octanol–water partition coefficient (Wildman–Crippen LogP) is 4.36. The van der Waals surface area contributed by atoms with Crippen LogP contribution in [0.1, 0.15) is 31.2 Å². The van der Waals surface area contributed by atoms with Crippen molar-refractivity contribution in [2.45, 2.75) is 38.4 Å². The second-order valence-corrected chi connectivity index (χ2v) is 5.90. The Hall–Kier alpha value is -2.13. The van der Waals surface area contributed by atoms with Crippen LogP contribution in [0.5, 0.6) is 0 Å². The summed E-state index contributed by atoms with van der Waals surface area (Å²) in [5, 5.41) is 0. The molecule has 1 fully saturated rings. The molecule has 0 saturated carbocycles. The first-order valence-corrected chi connectivity index (χ1v) is 8.23. The molecular weight excluding hydrogens is 288 g/mol. The molecule has 0 aromatic heterocycles. The average molecular weight is 310 g/mol. The van der Waals surface area contributed by atoms with Gasteiger partial charge in [0.1, 0.15) is 6.61 Å². The van der Waals surface area contributed by atoms with E-state index in [0.29, 0.717) is 13.0 Å². The number of hydrogen-bond acceptors (Lipinski definition) is 3. The quantitative estimate of drug-likeness (QED) is 0.744. The molecule has 1 saturated heterocycles. The van der Waals surface area contributed by atoms with Crippen LogP contribution < -0.4 is 0 Å². The lowest BCUT2D eigenvalue weighted by atomic mass is 10.0. The molecule has 1 heterocycles. The highest BCUT2D eigenvalue weighted by Crippen LogP contribution is 2.20. The van der Waals surface area contributed by atoms with E-state index in [1.807, 2.05) is 30.3 Å². The van der Waals surface area contributed by atoms with Crippen molar-refractivity contribution in [3.8, 4) is 11.1 Å². The van der Waals surface area contributed by atoms with E-state index in [0.717, 1.165) is 31.4 Å². The Kier molecular flexibility index (Phi) is 5.43. The maximum absolute atomic E-state index is 11.8. The predicted molar refractivity (Wildman–Crippen MR) is 89.9 cm³/mol. The Morgan fingerprint density at radius 1 is 1.04 bits per heavy atom. The maximum Gasteiger partial charge on any atom is 0.306 e. The smallest absolute Gasteiger partial charge is 0.306 e. The third-order valence-electron chi connectivity index (χ3n) is 4.16. The van der Waals surface area contributed by atoms with E-state index in [1.54, 1.807) is 0 Å². The standard InChI is InChI=1S/C20H22O3/c21-20(13-12-19-7-4-14-22-19)23-15-16-8-10-18(11-9-16)17-5-2-1-3-6-17/h1-3,5-6,8-11,19H,4,7,12-15H2. The van der Waals surface area contributed by atoms with Gasteiger partial charge in [-0.3, -0.25) is 4.79 Å². The summed E-state index contributed by atoms with van der Waals surface area (Å²) < 4.78 is 10.9. The van der Waals surface area contributed by atoms with E-state index < -0.39 is 0 Å². The summed E-state index contributed by atoms with van der Waals surface area (Å²) in [5.41, 5.74) is 3.36. The molecule has 3 nitrogen and oxygen atoms in total. The van der Waals surface area contributed by atoms with Gasteiger partial charge < -0.3 is 9.47 Å². The van der Waals surface area contributed by atoms with Crippen LogP contribution in [-0.2, 0) is 20.9 Å². The summed E-state index contributed by atoms with van der Waals surface area (Å²) in [6, 6.07) is 18.4. The van der Waals surface area contributed by atoms with Gasteiger partial charge in [-0.05, 0) is 36.0 Å². The van der Waals surface area contributed by atoms with Crippen molar-refractivity contribution >= 4 is 5.97 Å². The van der Waals surface area contributed by atoms with Gasteiger partial charge in [0.15, 0.2) is 0 Å². The summed E-state index contributed by atoms with van der Waals surface area (Å²) in [7, 11) is 0. The molecule has 120 valence electrons. The van der Waals surface area contributed by atoms with Crippen LogP contribution >= 0.6 is 0 Å². The largest absolute Gasteiger partial charge is 0.461 e. The second kappa shape index (κ2) is 7.93. The van der Waals surface area contributed by atoms with E-state index in [9.17, 15) is 4.79 Å². The Morgan fingerprint density at radius 3 is 2.48 bits per heavy atom. The molecule has 0 bridgehead atoms.